The Morgan fingerprint density at radius 2 is 2.16 bits per heavy atom. The van der Waals surface area contributed by atoms with E-state index in [0.29, 0.717) is 0 Å². The molecule has 8 nitrogen and oxygen atoms in total. The summed E-state index contributed by atoms with van der Waals surface area (Å²) >= 11 is 1.63. The first-order valence-corrected chi connectivity index (χ1v) is 11.4. The number of aryl methyl sites for hydroxylation is 2. The summed E-state index contributed by atoms with van der Waals surface area (Å²) in [6.07, 6.45) is 7.53. The quantitative estimate of drug-likeness (QED) is 0.512. The number of fused-ring (bicyclic) bond motifs is 4. The van der Waals surface area contributed by atoms with E-state index in [1.807, 2.05) is 12.1 Å². The fourth-order valence-corrected chi connectivity index (χ4v) is 6.29. The third-order valence-electron chi connectivity index (χ3n) is 6.41. The lowest BCUT2D eigenvalue weighted by molar-refractivity contribution is 0.0931. The van der Waals surface area contributed by atoms with E-state index in [4.69, 9.17) is 4.74 Å². The van der Waals surface area contributed by atoms with Crippen LogP contribution in [0.3, 0.4) is 0 Å². The second-order valence-corrected chi connectivity index (χ2v) is 9.22. The van der Waals surface area contributed by atoms with Gasteiger partial charge in [-0.1, -0.05) is 0 Å². The molecule has 0 aliphatic heterocycles. The van der Waals surface area contributed by atoms with Crippen LogP contribution >= 0.6 is 11.3 Å². The summed E-state index contributed by atoms with van der Waals surface area (Å²) in [7, 11) is 1.69. The zero-order valence-electron chi connectivity index (χ0n) is 17.1. The number of ether oxygens (including phenoxy) is 1. The number of aromatic amines is 1. The molecule has 0 fully saturated rings. The molecule has 0 radical (unpaired) electrons. The summed E-state index contributed by atoms with van der Waals surface area (Å²) in [4.78, 5) is 18.4. The van der Waals surface area contributed by atoms with Gasteiger partial charge in [0.25, 0.3) is 5.91 Å². The van der Waals surface area contributed by atoms with Gasteiger partial charge >= 0.3 is 0 Å². The van der Waals surface area contributed by atoms with Crippen molar-refractivity contribution in [3.8, 4) is 10.8 Å². The Kier molecular flexibility index (Phi) is 4.31. The third-order valence-corrected chi connectivity index (χ3v) is 7.69. The number of nitrogens with one attached hydrogen (secondary N) is 2. The van der Waals surface area contributed by atoms with Crippen molar-refractivity contribution in [1.82, 2.24) is 30.5 Å². The highest BCUT2D eigenvalue weighted by molar-refractivity contribution is 7.15. The van der Waals surface area contributed by atoms with Gasteiger partial charge in [-0.2, -0.15) is 4.68 Å². The first-order valence-electron chi connectivity index (χ1n) is 10.6. The van der Waals surface area contributed by atoms with Crippen molar-refractivity contribution in [3.63, 3.8) is 0 Å². The van der Waals surface area contributed by atoms with Crippen LogP contribution in [0.1, 0.15) is 57.4 Å². The van der Waals surface area contributed by atoms with Crippen LogP contribution in [0.4, 0.5) is 0 Å². The average molecular weight is 435 g/mol. The van der Waals surface area contributed by atoms with E-state index in [-0.39, 0.29) is 11.9 Å². The van der Waals surface area contributed by atoms with Gasteiger partial charge in [-0.15, -0.1) is 16.4 Å². The number of aromatic nitrogens is 5. The van der Waals surface area contributed by atoms with Crippen molar-refractivity contribution < 1.29 is 9.53 Å². The molecular formula is C22H22N6O2S. The number of carbonyl (C=O) groups excluding carboxylic acids is 1. The number of benzene rings is 1. The lowest BCUT2D eigenvalue weighted by Gasteiger charge is -2.24. The summed E-state index contributed by atoms with van der Waals surface area (Å²) in [6, 6.07) is 6.04. The van der Waals surface area contributed by atoms with Crippen LogP contribution in [-0.4, -0.2) is 38.2 Å². The van der Waals surface area contributed by atoms with E-state index in [9.17, 15) is 4.79 Å². The SMILES string of the molecule is COc1ccc2[nH]c3c(c2c1)CCC[C@@H]3NC(=O)c1c(-n2cnnn2)sc2c1CCC2. The van der Waals surface area contributed by atoms with Gasteiger partial charge in [-0.3, -0.25) is 4.79 Å². The maximum absolute atomic E-state index is 13.6. The molecule has 4 aromatic rings. The third kappa shape index (κ3) is 2.95. The smallest absolute Gasteiger partial charge is 0.255 e. The number of hydrogen-bond donors (Lipinski definition) is 2. The number of thiophene rings is 1. The molecule has 1 amide bonds. The largest absolute Gasteiger partial charge is 0.497 e. The number of rotatable bonds is 4. The minimum absolute atomic E-state index is 0.0426. The Morgan fingerprint density at radius 1 is 1.26 bits per heavy atom. The number of hydrogen-bond acceptors (Lipinski definition) is 6. The Hall–Kier alpha value is -3.20. The molecular weight excluding hydrogens is 412 g/mol. The lowest BCUT2D eigenvalue weighted by Crippen LogP contribution is -2.32. The number of carbonyl (C=O) groups is 1. The molecule has 158 valence electrons. The van der Waals surface area contributed by atoms with Gasteiger partial charge in [-0.05, 0) is 78.3 Å². The van der Waals surface area contributed by atoms with Gasteiger partial charge in [-0.25, -0.2) is 0 Å². The monoisotopic (exact) mass is 434 g/mol. The number of H-pyrrole nitrogens is 1. The molecule has 1 aromatic carbocycles. The van der Waals surface area contributed by atoms with Crippen LogP contribution in [0.5, 0.6) is 5.75 Å². The second-order valence-electron chi connectivity index (χ2n) is 8.14. The summed E-state index contributed by atoms with van der Waals surface area (Å²) in [5, 5.41) is 16.9. The Labute approximate surface area is 182 Å². The molecule has 1 atom stereocenters. The summed E-state index contributed by atoms with van der Waals surface area (Å²) in [5.74, 6) is 0.805. The molecule has 3 aromatic heterocycles. The van der Waals surface area contributed by atoms with Crippen molar-refractivity contribution in [1.29, 1.82) is 0 Å². The minimum Gasteiger partial charge on any atom is -0.497 e. The van der Waals surface area contributed by atoms with Crippen molar-refractivity contribution in [2.75, 3.05) is 7.11 Å². The fraction of sp³-hybridized carbons (Fsp3) is 0.364. The zero-order chi connectivity index (χ0) is 20.9. The Balaban J connectivity index is 1.37. The molecule has 2 aliphatic carbocycles. The minimum atomic E-state index is -0.0479. The number of amides is 1. The van der Waals surface area contributed by atoms with Crippen LogP contribution in [0, 0.1) is 0 Å². The first-order chi connectivity index (χ1) is 15.2. The highest BCUT2D eigenvalue weighted by Gasteiger charge is 2.31. The summed E-state index contributed by atoms with van der Waals surface area (Å²) < 4.78 is 7.02. The first kappa shape index (κ1) is 18.6. The van der Waals surface area contributed by atoms with E-state index in [1.165, 1.54) is 15.8 Å². The van der Waals surface area contributed by atoms with Gasteiger partial charge < -0.3 is 15.0 Å². The molecule has 31 heavy (non-hydrogen) atoms. The summed E-state index contributed by atoms with van der Waals surface area (Å²) in [6.45, 7) is 0. The number of tetrazole rings is 1. The number of nitrogens with zero attached hydrogens (tertiary/aromatic N) is 4. The molecule has 6 rings (SSSR count). The highest BCUT2D eigenvalue weighted by Crippen LogP contribution is 2.39. The molecule has 2 aliphatic rings. The zero-order valence-corrected chi connectivity index (χ0v) is 18.0. The topological polar surface area (TPSA) is 97.7 Å². The standard InChI is InChI=1S/C22H22N6O2S/c1-30-12-8-9-16-15(10-12)13-4-2-6-17(20(13)24-16)25-21(29)19-14-5-3-7-18(14)31-22(19)28-11-23-26-27-28/h8-11,17,24H,2-7H2,1H3,(H,25,29)/t17-/m0/s1. The van der Waals surface area contributed by atoms with Crippen LogP contribution < -0.4 is 10.1 Å². The Bertz CT molecular complexity index is 1290. The maximum atomic E-state index is 13.6. The molecule has 0 unspecified atom stereocenters. The Morgan fingerprint density at radius 3 is 3.00 bits per heavy atom. The normalized spacial score (nSPS) is 17.5. The van der Waals surface area contributed by atoms with Crippen molar-refractivity contribution in [2.24, 2.45) is 0 Å². The average Bonchev–Trinajstić information content (AvgIpc) is 3.55. The van der Waals surface area contributed by atoms with E-state index in [1.54, 1.807) is 29.5 Å². The van der Waals surface area contributed by atoms with E-state index in [2.05, 4.69) is 31.9 Å². The predicted molar refractivity (Wildman–Crippen MR) is 117 cm³/mol. The van der Waals surface area contributed by atoms with Gasteiger partial charge in [0.15, 0.2) is 0 Å². The summed E-state index contributed by atoms with van der Waals surface area (Å²) in [5.41, 5.74) is 5.36. The molecule has 9 heteroatoms. The van der Waals surface area contributed by atoms with Crippen LogP contribution in [0.25, 0.3) is 15.9 Å². The van der Waals surface area contributed by atoms with Gasteiger partial charge in [0.2, 0.25) is 0 Å². The van der Waals surface area contributed by atoms with Crippen molar-refractivity contribution in [3.05, 3.63) is 51.8 Å². The maximum Gasteiger partial charge on any atom is 0.255 e. The van der Waals surface area contributed by atoms with Gasteiger partial charge in [0.05, 0.1) is 18.7 Å². The second kappa shape index (κ2) is 7.19. The van der Waals surface area contributed by atoms with Crippen LogP contribution in [0.2, 0.25) is 0 Å². The van der Waals surface area contributed by atoms with Crippen LogP contribution in [-0.2, 0) is 19.3 Å². The highest BCUT2D eigenvalue weighted by atomic mass is 32.1. The molecule has 3 heterocycles. The van der Waals surface area contributed by atoms with E-state index in [0.717, 1.165) is 71.6 Å². The van der Waals surface area contributed by atoms with Crippen molar-refractivity contribution in [2.45, 2.75) is 44.6 Å². The van der Waals surface area contributed by atoms with Crippen molar-refractivity contribution >= 4 is 28.1 Å². The van der Waals surface area contributed by atoms with E-state index < -0.39 is 0 Å². The fourth-order valence-electron chi connectivity index (χ4n) is 4.98. The van der Waals surface area contributed by atoms with Gasteiger partial charge in [0.1, 0.15) is 17.1 Å². The van der Waals surface area contributed by atoms with E-state index >= 15 is 0 Å². The molecule has 2 N–H and O–H groups in total. The van der Waals surface area contributed by atoms with Gasteiger partial charge in [0, 0.05) is 21.5 Å². The molecule has 0 saturated heterocycles. The molecule has 0 spiro atoms. The molecule has 0 saturated carbocycles. The number of methoxy groups -OCH3 is 1. The molecule has 0 bridgehead atoms. The predicted octanol–water partition coefficient (Wildman–Crippen LogP) is 3.51. The van der Waals surface area contributed by atoms with Crippen LogP contribution in [0.15, 0.2) is 24.5 Å². The lowest BCUT2D eigenvalue weighted by atomic mass is 9.91.